The fraction of sp³-hybridized carbons (Fsp3) is 0.182. The van der Waals surface area contributed by atoms with E-state index < -0.39 is 9.84 Å². The number of nitrogens with one attached hydrogen (secondary N) is 1. The summed E-state index contributed by atoms with van der Waals surface area (Å²) in [5.41, 5.74) is 7.46. The van der Waals surface area contributed by atoms with Gasteiger partial charge in [0.15, 0.2) is 0 Å². The van der Waals surface area contributed by atoms with E-state index in [1.54, 1.807) is 66.9 Å². The fourth-order valence-corrected chi connectivity index (χ4v) is 4.61. The molecule has 148 valence electrons. The molecule has 1 saturated carbocycles. The molecule has 2 atom stereocenters. The van der Waals surface area contributed by atoms with Gasteiger partial charge in [-0.05, 0) is 53.8 Å². The summed E-state index contributed by atoms with van der Waals surface area (Å²) in [5.74, 6) is 0.584. The summed E-state index contributed by atoms with van der Waals surface area (Å²) >= 11 is 0. The summed E-state index contributed by atoms with van der Waals surface area (Å²) in [6.07, 6.45) is 2.52. The molecule has 2 aromatic carbocycles. The van der Waals surface area contributed by atoms with E-state index in [4.69, 9.17) is 5.73 Å². The van der Waals surface area contributed by atoms with Crippen LogP contribution in [0.1, 0.15) is 23.5 Å². The molecule has 0 aliphatic heterocycles. The summed E-state index contributed by atoms with van der Waals surface area (Å²) < 4.78 is 25.2. The maximum Gasteiger partial charge on any atom is 0.224 e. The lowest BCUT2D eigenvalue weighted by molar-refractivity contribution is -0.122. The highest BCUT2D eigenvalue weighted by atomic mass is 32.2. The van der Waals surface area contributed by atoms with Gasteiger partial charge in [0.1, 0.15) is 5.82 Å². The molecular formula is C22H21N3O3S. The molecule has 0 spiro atoms. The first kappa shape index (κ1) is 19.1. The molecule has 1 amide bonds. The number of benzene rings is 2. The number of nitrogen functional groups attached to an aromatic ring is 1. The van der Waals surface area contributed by atoms with Crippen LogP contribution in [0.25, 0.3) is 0 Å². The van der Waals surface area contributed by atoms with E-state index >= 15 is 0 Å². The van der Waals surface area contributed by atoms with E-state index in [2.05, 4.69) is 10.3 Å². The highest BCUT2D eigenvalue weighted by Gasteiger charge is 2.43. The molecule has 1 fully saturated rings. The maximum atomic E-state index is 12.6. The topological polar surface area (TPSA) is 102 Å². The van der Waals surface area contributed by atoms with Crippen LogP contribution in [0.2, 0.25) is 0 Å². The average molecular weight is 407 g/mol. The molecule has 1 aliphatic carbocycles. The van der Waals surface area contributed by atoms with Crippen molar-refractivity contribution < 1.29 is 13.2 Å². The number of hydrogen-bond acceptors (Lipinski definition) is 5. The number of nitrogens with two attached hydrogens (primary N) is 1. The quantitative estimate of drug-likeness (QED) is 0.654. The summed E-state index contributed by atoms with van der Waals surface area (Å²) in [7, 11) is -3.53. The Hall–Kier alpha value is -3.19. The van der Waals surface area contributed by atoms with Crippen LogP contribution in [-0.2, 0) is 21.2 Å². The van der Waals surface area contributed by atoms with E-state index in [0.29, 0.717) is 12.4 Å². The van der Waals surface area contributed by atoms with Crippen molar-refractivity contribution in [1.29, 1.82) is 0 Å². The number of carbonyl (C=O) groups excluding carboxylic acids is 1. The number of hydrogen-bond donors (Lipinski definition) is 2. The van der Waals surface area contributed by atoms with Gasteiger partial charge in [-0.3, -0.25) is 4.79 Å². The van der Waals surface area contributed by atoms with E-state index in [1.165, 1.54) is 0 Å². The Morgan fingerprint density at radius 3 is 2.34 bits per heavy atom. The molecule has 0 unspecified atom stereocenters. The maximum absolute atomic E-state index is 12.6. The molecule has 29 heavy (non-hydrogen) atoms. The number of nitrogens with zero attached hydrogens (tertiary/aromatic N) is 1. The normalized spacial score (nSPS) is 18.2. The second-order valence-corrected chi connectivity index (χ2v) is 9.09. The zero-order valence-corrected chi connectivity index (χ0v) is 16.5. The summed E-state index contributed by atoms with van der Waals surface area (Å²) in [4.78, 5) is 17.0. The highest BCUT2D eigenvalue weighted by molar-refractivity contribution is 7.91. The summed E-state index contributed by atoms with van der Waals surface area (Å²) in [5, 5.41) is 2.93. The number of aromatic nitrogens is 1. The van der Waals surface area contributed by atoms with Gasteiger partial charge in [0.05, 0.1) is 9.79 Å². The van der Waals surface area contributed by atoms with Crippen molar-refractivity contribution in [2.24, 2.45) is 5.92 Å². The van der Waals surface area contributed by atoms with Crippen molar-refractivity contribution in [3.63, 3.8) is 0 Å². The van der Waals surface area contributed by atoms with Gasteiger partial charge in [0.2, 0.25) is 15.7 Å². The van der Waals surface area contributed by atoms with Crippen LogP contribution in [0.5, 0.6) is 0 Å². The van der Waals surface area contributed by atoms with Gasteiger partial charge in [0, 0.05) is 18.7 Å². The lowest BCUT2D eigenvalue weighted by Crippen LogP contribution is -2.24. The van der Waals surface area contributed by atoms with Gasteiger partial charge in [-0.1, -0.05) is 36.4 Å². The number of pyridine rings is 1. The van der Waals surface area contributed by atoms with Gasteiger partial charge in [-0.15, -0.1) is 0 Å². The minimum Gasteiger partial charge on any atom is -0.384 e. The molecule has 4 rings (SSSR count). The summed E-state index contributed by atoms with van der Waals surface area (Å²) in [6.45, 7) is 0.355. The zero-order chi connectivity index (χ0) is 20.4. The van der Waals surface area contributed by atoms with E-state index in [0.717, 1.165) is 17.5 Å². The molecule has 0 saturated heterocycles. The largest absolute Gasteiger partial charge is 0.384 e. The Balaban J connectivity index is 1.35. The molecule has 1 aromatic heterocycles. The first-order chi connectivity index (χ1) is 13.9. The standard InChI is InChI=1S/C22H21N3O3S/c23-21-11-8-16(14-24-21)19-12-20(19)22(26)25-13-15-6-9-18(10-7-15)29(27,28)17-4-2-1-3-5-17/h1-11,14,19-20H,12-13H2,(H2,23,24)(H,25,26)/t19-,20+/m0/s1. The molecular weight excluding hydrogens is 386 g/mol. The first-order valence-corrected chi connectivity index (χ1v) is 10.8. The third kappa shape index (κ3) is 4.14. The lowest BCUT2D eigenvalue weighted by atomic mass is 10.1. The van der Waals surface area contributed by atoms with Gasteiger partial charge < -0.3 is 11.1 Å². The number of rotatable bonds is 6. The molecule has 7 heteroatoms. The molecule has 0 radical (unpaired) electrons. The summed E-state index contributed by atoms with van der Waals surface area (Å²) in [6, 6.07) is 18.6. The van der Waals surface area contributed by atoms with Gasteiger partial charge in [-0.2, -0.15) is 0 Å². The van der Waals surface area contributed by atoms with Gasteiger partial charge in [-0.25, -0.2) is 13.4 Å². The Morgan fingerprint density at radius 2 is 1.69 bits per heavy atom. The highest BCUT2D eigenvalue weighted by Crippen LogP contribution is 2.47. The SMILES string of the molecule is Nc1ccc([C@@H]2C[C@H]2C(=O)NCc2ccc(S(=O)(=O)c3ccccc3)cc2)cn1. The minimum absolute atomic E-state index is 0.00666. The van der Waals surface area contributed by atoms with E-state index in [-0.39, 0.29) is 27.5 Å². The van der Waals surface area contributed by atoms with Crippen molar-refractivity contribution in [2.45, 2.75) is 28.7 Å². The smallest absolute Gasteiger partial charge is 0.224 e. The second kappa shape index (κ2) is 7.67. The third-order valence-corrected chi connectivity index (χ3v) is 6.90. The van der Waals surface area contributed by atoms with Crippen molar-refractivity contribution in [3.05, 3.63) is 84.1 Å². The van der Waals surface area contributed by atoms with Crippen molar-refractivity contribution in [2.75, 3.05) is 5.73 Å². The van der Waals surface area contributed by atoms with Crippen molar-refractivity contribution in [1.82, 2.24) is 10.3 Å². The number of sulfone groups is 1. The predicted octanol–water partition coefficient (Wildman–Crippen LogP) is 2.92. The number of anilines is 1. The van der Waals surface area contributed by atoms with Crippen LogP contribution in [-0.4, -0.2) is 19.3 Å². The molecule has 6 nitrogen and oxygen atoms in total. The van der Waals surface area contributed by atoms with Gasteiger partial charge >= 0.3 is 0 Å². The number of amides is 1. The molecule has 0 bridgehead atoms. The fourth-order valence-electron chi connectivity index (χ4n) is 3.33. The van der Waals surface area contributed by atoms with E-state index in [1.807, 2.05) is 6.07 Å². The predicted molar refractivity (Wildman–Crippen MR) is 110 cm³/mol. The van der Waals surface area contributed by atoms with Crippen molar-refractivity contribution >= 4 is 21.6 Å². The molecule has 1 heterocycles. The molecule has 3 N–H and O–H groups in total. The van der Waals surface area contributed by atoms with Gasteiger partial charge in [0.25, 0.3) is 0 Å². The Labute approximate surface area is 169 Å². The minimum atomic E-state index is -3.53. The zero-order valence-electron chi connectivity index (χ0n) is 15.7. The first-order valence-electron chi connectivity index (χ1n) is 9.33. The Morgan fingerprint density at radius 1 is 1.00 bits per heavy atom. The third-order valence-electron chi connectivity index (χ3n) is 5.12. The number of carbonyl (C=O) groups is 1. The van der Waals surface area contributed by atoms with Crippen LogP contribution in [0.15, 0.2) is 82.7 Å². The Bertz CT molecular complexity index is 1110. The monoisotopic (exact) mass is 407 g/mol. The van der Waals surface area contributed by atoms with Crippen LogP contribution in [0, 0.1) is 5.92 Å². The molecule has 1 aliphatic rings. The Kier molecular flexibility index (Phi) is 5.07. The lowest BCUT2D eigenvalue weighted by Gasteiger charge is -2.08. The van der Waals surface area contributed by atoms with E-state index in [9.17, 15) is 13.2 Å². The van der Waals surface area contributed by atoms with Crippen LogP contribution < -0.4 is 11.1 Å². The molecule has 3 aromatic rings. The van der Waals surface area contributed by atoms with Crippen LogP contribution >= 0.6 is 0 Å². The average Bonchev–Trinajstić information content (AvgIpc) is 3.54. The van der Waals surface area contributed by atoms with Crippen LogP contribution in [0.4, 0.5) is 5.82 Å². The second-order valence-electron chi connectivity index (χ2n) is 7.14. The van der Waals surface area contributed by atoms with Crippen molar-refractivity contribution in [3.8, 4) is 0 Å². The van der Waals surface area contributed by atoms with Crippen LogP contribution in [0.3, 0.4) is 0 Å².